The van der Waals surface area contributed by atoms with Crippen LogP contribution >= 0.6 is 0 Å². The highest BCUT2D eigenvalue weighted by molar-refractivity contribution is 5.75. The molecule has 0 N–H and O–H groups in total. The standard InChI is InChI=1S/C26H25N3/c1-3-4-6-13-20(2)25-27-28-26(22-16-7-5-8-17-22)29(25)24-19-12-10-15-21-14-9-11-18-23(21)24/h3-11,13-19,21,23H,2,12H2,1H3/b4-3-,13-6-. The largest absolute Gasteiger partial charge is 0.279 e. The molecule has 0 saturated carbocycles. The molecule has 0 spiro atoms. The summed E-state index contributed by atoms with van der Waals surface area (Å²) < 4.78 is 2.19. The van der Waals surface area contributed by atoms with Crippen LogP contribution in [0.15, 0.2) is 104 Å². The molecular formula is C26H25N3. The maximum absolute atomic E-state index is 4.58. The number of benzene rings is 1. The average molecular weight is 380 g/mol. The highest BCUT2D eigenvalue weighted by atomic mass is 15.3. The summed E-state index contributed by atoms with van der Waals surface area (Å²) in [5.41, 5.74) is 3.07. The molecule has 3 nitrogen and oxygen atoms in total. The zero-order valence-corrected chi connectivity index (χ0v) is 16.6. The van der Waals surface area contributed by atoms with Gasteiger partial charge in [0.1, 0.15) is 0 Å². The zero-order valence-electron chi connectivity index (χ0n) is 16.6. The second-order valence-electron chi connectivity index (χ2n) is 7.12. The highest BCUT2D eigenvalue weighted by Gasteiger charge is 2.27. The quantitative estimate of drug-likeness (QED) is 0.454. The van der Waals surface area contributed by atoms with Crippen LogP contribution in [0.5, 0.6) is 0 Å². The summed E-state index contributed by atoms with van der Waals surface area (Å²) in [5.74, 6) is 2.19. The Bertz CT molecular complexity index is 1060. The first-order valence-electron chi connectivity index (χ1n) is 10.0. The maximum Gasteiger partial charge on any atom is 0.168 e. The van der Waals surface area contributed by atoms with E-state index in [0.717, 1.165) is 29.2 Å². The van der Waals surface area contributed by atoms with E-state index in [-0.39, 0.29) is 5.92 Å². The van der Waals surface area contributed by atoms with E-state index in [1.807, 2.05) is 49.4 Å². The average Bonchev–Trinajstić information content (AvgIpc) is 3.09. The van der Waals surface area contributed by atoms with E-state index in [4.69, 9.17) is 0 Å². The molecule has 2 aliphatic rings. The Labute approximate surface area is 172 Å². The monoisotopic (exact) mass is 379 g/mol. The first-order chi connectivity index (χ1) is 14.3. The molecule has 2 atom stereocenters. The maximum atomic E-state index is 4.58. The molecule has 2 unspecified atom stereocenters. The number of allylic oxidation sites excluding steroid dienone is 13. The van der Waals surface area contributed by atoms with Crippen molar-refractivity contribution in [1.29, 1.82) is 0 Å². The van der Waals surface area contributed by atoms with Crippen molar-refractivity contribution in [2.24, 2.45) is 11.8 Å². The number of hydrogen-bond acceptors (Lipinski definition) is 2. The van der Waals surface area contributed by atoms with E-state index < -0.39 is 0 Å². The van der Waals surface area contributed by atoms with E-state index in [0.29, 0.717) is 5.92 Å². The van der Waals surface area contributed by atoms with Gasteiger partial charge in [0.05, 0.1) is 0 Å². The molecule has 4 rings (SSSR count). The number of hydrogen-bond donors (Lipinski definition) is 0. The topological polar surface area (TPSA) is 30.7 Å². The fourth-order valence-corrected chi connectivity index (χ4v) is 3.77. The van der Waals surface area contributed by atoms with Crippen molar-refractivity contribution >= 4 is 11.3 Å². The Morgan fingerprint density at radius 2 is 1.90 bits per heavy atom. The van der Waals surface area contributed by atoms with Crippen molar-refractivity contribution in [3.8, 4) is 11.4 Å². The fourth-order valence-electron chi connectivity index (χ4n) is 3.77. The van der Waals surface area contributed by atoms with Crippen LogP contribution in [0.4, 0.5) is 0 Å². The first kappa shape index (κ1) is 18.9. The van der Waals surface area contributed by atoms with Crippen LogP contribution in [-0.4, -0.2) is 14.8 Å². The number of nitrogens with zero attached hydrogens (tertiary/aromatic N) is 3. The summed E-state index contributed by atoms with van der Waals surface area (Å²) >= 11 is 0. The van der Waals surface area contributed by atoms with Gasteiger partial charge in [-0.2, -0.15) is 0 Å². The Balaban J connectivity index is 1.86. The second kappa shape index (κ2) is 8.70. The molecule has 1 heterocycles. The van der Waals surface area contributed by atoms with Crippen LogP contribution in [0.1, 0.15) is 19.2 Å². The molecule has 1 aromatic heterocycles. The molecule has 0 saturated heterocycles. The molecule has 2 aromatic rings. The van der Waals surface area contributed by atoms with Gasteiger partial charge in [0.25, 0.3) is 0 Å². The summed E-state index contributed by atoms with van der Waals surface area (Å²) in [6.45, 7) is 6.26. The Morgan fingerprint density at radius 1 is 1.07 bits per heavy atom. The predicted octanol–water partition coefficient (Wildman–Crippen LogP) is 6.25. The van der Waals surface area contributed by atoms with Gasteiger partial charge < -0.3 is 0 Å². The van der Waals surface area contributed by atoms with E-state index in [9.17, 15) is 0 Å². The van der Waals surface area contributed by atoms with Gasteiger partial charge in [0.15, 0.2) is 11.6 Å². The van der Waals surface area contributed by atoms with Crippen molar-refractivity contribution in [1.82, 2.24) is 14.8 Å². The number of rotatable bonds is 5. The van der Waals surface area contributed by atoms with Crippen LogP contribution in [0.2, 0.25) is 0 Å². The summed E-state index contributed by atoms with van der Waals surface area (Å²) in [6, 6.07) is 10.2. The van der Waals surface area contributed by atoms with Crippen molar-refractivity contribution in [3.63, 3.8) is 0 Å². The molecule has 0 bridgehead atoms. The van der Waals surface area contributed by atoms with Gasteiger partial charge in [-0.25, -0.2) is 0 Å². The lowest BCUT2D eigenvalue weighted by Crippen LogP contribution is -2.18. The Hall–Kier alpha value is -3.46. The lowest BCUT2D eigenvalue weighted by atomic mass is 9.86. The predicted molar refractivity (Wildman–Crippen MR) is 122 cm³/mol. The third-order valence-corrected chi connectivity index (χ3v) is 5.18. The number of fused-ring (bicyclic) bond motifs is 1. The second-order valence-corrected chi connectivity index (χ2v) is 7.12. The van der Waals surface area contributed by atoms with Crippen molar-refractivity contribution in [2.45, 2.75) is 13.3 Å². The normalized spacial score (nSPS) is 20.8. The summed E-state index contributed by atoms with van der Waals surface area (Å²) in [6.07, 6.45) is 24.4. The van der Waals surface area contributed by atoms with Crippen molar-refractivity contribution in [3.05, 3.63) is 110 Å². The molecule has 1 aromatic carbocycles. The van der Waals surface area contributed by atoms with Crippen LogP contribution in [0.25, 0.3) is 22.7 Å². The fraction of sp³-hybridized carbons (Fsp3) is 0.154. The molecule has 0 radical (unpaired) electrons. The van der Waals surface area contributed by atoms with E-state index in [1.165, 1.54) is 5.70 Å². The lowest BCUT2D eigenvalue weighted by Gasteiger charge is -2.26. The summed E-state index contributed by atoms with van der Waals surface area (Å²) in [5, 5.41) is 9.13. The SMILES string of the molecule is C=C(/C=C\C=C/C)c1nnc(-c2ccccc2)n1C1=CCC=CC2C=CC=CC12. The lowest BCUT2D eigenvalue weighted by molar-refractivity contribution is 0.658. The van der Waals surface area contributed by atoms with Crippen molar-refractivity contribution in [2.75, 3.05) is 0 Å². The van der Waals surface area contributed by atoms with Crippen LogP contribution in [-0.2, 0) is 0 Å². The Morgan fingerprint density at radius 3 is 2.72 bits per heavy atom. The minimum atomic E-state index is 0.239. The van der Waals surface area contributed by atoms with Gasteiger partial charge in [-0.1, -0.05) is 104 Å². The molecule has 144 valence electrons. The number of aromatic nitrogens is 3. The molecule has 2 aliphatic carbocycles. The summed E-state index contributed by atoms with van der Waals surface area (Å²) in [4.78, 5) is 0. The van der Waals surface area contributed by atoms with Crippen LogP contribution in [0, 0.1) is 11.8 Å². The first-order valence-corrected chi connectivity index (χ1v) is 10.0. The van der Waals surface area contributed by atoms with E-state index >= 15 is 0 Å². The summed E-state index contributed by atoms with van der Waals surface area (Å²) in [7, 11) is 0. The minimum absolute atomic E-state index is 0.239. The molecule has 29 heavy (non-hydrogen) atoms. The smallest absolute Gasteiger partial charge is 0.168 e. The van der Waals surface area contributed by atoms with Gasteiger partial charge in [-0.15, -0.1) is 10.2 Å². The third-order valence-electron chi connectivity index (χ3n) is 5.18. The molecule has 0 aliphatic heterocycles. The Kier molecular flexibility index (Phi) is 5.66. The molecular weight excluding hydrogens is 354 g/mol. The third kappa shape index (κ3) is 3.90. The van der Waals surface area contributed by atoms with Gasteiger partial charge in [-0.3, -0.25) is 4.57 Å². The zero-order chi connectivity index (χ0) is 20.1. The van der Waals surface area contributed by atoms with Gasteiger partial charge in [0.2, 0.25) is 0 Å². The van der Waals surface area contributed by atoms with E-state index in [1.54, 1.807) is 0 Å². The van der Waals surface area contributed by atoms with Gasteiger partial charge >= 0.3 is 0 Å². The molecule has 0 fully saturated rings. The van der Waals surface area contributed by atoms with Crippen LogP contribution < -0.4 is 0 Å². The van der Waals surface area contributed by atoms with E-state index in [2.05, 4.69) is 76.0 Å². The molecule has 0 amide bonds. The minimum Gasteiger partial charge on any atom is -0.279 e. The highest BCUT2D eigenvalue weighted by Crippen LogP contribution is 2.37. The van der Waals surface area contributed by atoms with Gasteiger partial charge in [-0.05, 0) is 13.3 Å². The van der Waals surface area contributed by atoms with Crippen LogP contribution in [0.3, 0.4) is 0 Å². The van der Waals surface area contributed by atoms with Gasteiger partial charge in [0, 0.05) is 28.7 Å². The van der Waals surface area contributed by atoms with Crippen molar-refractivity contribution < 1.29 is 0 Å². The molecule has 3 heteroatoms.